The average molecular weight is 337 g/mol. The smallest absolute Gasteiger partial charge is 0.274 e. The molecule has 0 radical (unpaired) electrons. The summed E-state index contributed by atoms with van der Waals surface area (Å²) in [5, 5.41) is 4.25. The summed E-state index contributed by atoms with van der Waals surface area (Å²) in [6, 6.07) is 1.67. The van der Waals surface area contributed by atoms with E-state index in [9.17, 15) is 9.59 Å². The second kappa shape index (κ2) is 5.32. The zero-order valence-corrected chi connectivity index (χ0v) is 12.3. The van der Waals surface area contributed by atoms with Crippen molar-refractivity contribution in [1.82, 2.24) is 19.5 Å². The maximum absolute atomic E-state index is 12.4. The van der Waals surface area contributed by atoms with Crippen molar-refractivity contribution in [1.29, 1.82) is 0 Å². The molecule has 7 heteroatoms. The molecule has 0 unspecified atom stereocenters. The highest BCUT2D eigenvalue weighted by atomic mass is 79.9. The predicted molar refractivity (Wildman–Crippen MR) is 75.4 cm³/mol. The van der Waals surface area contributed by atoms with Crippen molar-refractivity contribution in [2.75, 3.05) is 13.1 Å². The van der Waals surface area contributed by atoms with Gasteiger partial charge in [0.15, 0.2) is 11.3 Å². The quantitative estimate of drug-likeness (QED) is 0.794. The molecule has 1 aliphatic rings. The molecule has 3 rings (SSSR count). The molecule has 0 N–H and O–H groups in total. The van der Waals surface area contributed by atoms with Crippen LogP contribution in [0.4, 0.5) is 0 Å². The number of fused-ring (bicyclic) bond motifs is 1. The monoisotopic (exact) mass is 336 g/mol. The molecule has 2 aromatic heterocycles. The van der Waals surface area contributed by atoms with Crippen LogP contribution in [-0.2, 0) is 4.79 Å². The Morgan fingerprint density at radius 1 is 1.30 bits per heavy atom. The number of halogens is 1. The minimum atomic E-state index is -0.138. The number of nitrogens with zero attached hydrogens (tertiary/aromatic N) is 4. The summed E-state index contributed by atoms with van der Waals surface area (Å²) in [6.45, 7) is 1.08. The van der Waals surface area contributed by atoms with Crippen LogP contribution in [0.15, 0.2) is 22.9 Å². The number of rotatable bonds is 1. The van der Waals surface area contributed by atoms with Gasteiger partial charge in [0.1, 0.15) is 5.78 Å². The van der Waals surface area contributed by atoms with Crippen molar-refractivity contribution in [3.63, 3.8) is 0 Å². The highest BCUT2D eigenvalue weighted by Gasteiger charge is 2.22. The van der Waals surface area contributed by atoms with Crippen molar-refractivity contribution in [3.05, 3.63) is 28.6 Å². The predicted octanol–water partition coefficient (Wildman–Crippen LogP) is 1.69. The fourth-order valence-corrected chi connectivity index (χ4v) is 2.58. The van der Waals surface area contributed by atoms with E-state index in [1.807, 2.05) is 0 Å². The highest BCUT2D eigenvalue weighted by molar-refractivity contribution is 9.10. The van der Waals surface area contributed by atoms with Gasteiger partial charge >= 0.3 is 0 Å². The molecule has 0 aliphatic carbocycles. The standard InChI is InChI=1S/C13H13BrN4O2/c14-9-7-15-12-6-11(16-18(12)8-9)13(20)17-4-1-2-10(19)3-5-17/h6-8H,1-5H2. The van der Waals surface area contributed by atoms with Gasteiger partial charge in [-0.1, -0.05) is 0 Å². The zero-order chi connectivity index (χ0) is 14.1. The Bertz CT molecular complexity index is 682. The molecule has 1 saturated heterocycles. The van der Waals surface area contributed by atoms with Crippen LogP contribution in [0.25, 0.3) is 5.65 Å². The highest BCUT2D eigenvalue weighted by Crippen LogP contribution is 2.14. The summed E-state index contributed by atoms with van der Waals surface area (Å²) in [7, 11) is 0. The van der Waals surface area contributed by atoms with Crippen molar-refractivity contribution < 1.29 is 9.59 Å². The number of amides is 1. The molecule has 0 saturated carbocycles. The van der Waals surface area contributed by atoms with Gasteiger partial charge in [0.2, 0.25) is 0 Å². The first kappa shape index (κ1) is 13.2. The SMILES string of the molecule is O=C1CCCN(C(=O)c2cc3ncc(Br)cn3n2)CC1. The van der Waals surface area contributed by atoms with Crippen LogP contribution in [0.1, 0.15) is 29.8 Å². The van der Waals surface area contributed by atoms with Crippen molar-refractivity contribution in [2.24, 2.45) is 0 Å². The molecular weight excluding hydrogens is 324 g/mol. The third-order valence-electron chi connectivity index (χ3n) is 3.33. The number of aromatic nitrogens is 3. The van der Waals surface area contributed by atoms with E-state index in [4.69, 9.17) is 0 Å². The first-order valence-electron chi connectivity index (χ1n) is 6.45. The number of hydrogen-bond acceptors (Lipinski definition) is 4. The first-order valence-corrected chi connectivity index (χ1v) is 7.25. The van der Waals surface area contributed by atoms with Gasteiger partial charge in [0.05, 0.1) is 4.47 Å². The number of ketones is 1. The lowest BCUT2D eigenvalue weighted by Crippen LogP contribution is -2.32. The Morgan fingerprint density at radius 2 is 2.15 bits per heavy atom. The topological polar surface area (TPSA) is 67.6 Å². The Hall–Kier alpha value is -1.76. The van der Waals surface area contributed by atoms with Gasteiger partial charge in [-0.15, -0.1) is 0 Å². The van der Waals surface area contributed by atoms with Crippen molar-refractivity contribution >= 4 is 33.3 Å². The third kappa shape index (κ3) is 2.58. The second-order valence-electron chi connectivity index (χ2n) is 4.79. The second-order valence-corrected chi connectivity index (χ2v) is 5.70. The number of hydrogen-bond donors (Lipinski definition) is 0. The molecule has 2 aromatic rings. The molecular formula is C13H13BrN4O2. The molecule has 6 nitrogen and oxygen atoms in total. The molecule has 0 aromatic carbocycles. The molecule has 1 fully saturated rings. The van der Waals surface area contributed by atoms with Crippen LogP contribution in [0.5, 0.6) is 0 Å². The van der Waals surface area contributed by atoms with Crippen LogP contribution in [0, 0.1) is 0 Å². The first-order chi connectivity index (χ1) is 9.63. The lowest BCUT2D eigenvalue weighted by atomic mass is 10.2. The molecule has 0 bridgehead atoms. The summed E-state index contributed by atoms with van der Waals surface area (Å²) in [4.78, 5) is 29.7. The third-order valence-corrected chi connectivity index (χ3v) is 3.74. The van der Waals surface area contributed by atoms with Gasteiger partial charge in [0, 0.05) is 44.4 Å². The van der Waals surface area contributed by atoms with Gasteiger partial charge in [-0.3, -0.25) is 9.59 Å². The summed E-state index contributed by atoms with van der Waals surface area (Å²) in [5.74, 6) is 0.0854. The van der Waals surface area contributed by atoms with E-state index in [0.29, 0.717) is 37.3 Å². The van der Waals surface area contributed by atoms with E-state index >= 15 is 0 Å². The van der Waals surface area contributed by atoms with E-state index in [2.05, 4.69) is 26.0 Å². The van der Waals surface area contributed by atoms with Crippen LogP contribution in [0.2, 0.25) is 0 Å². The van der Waals surface area contributed by atoms with Crippen LogP contribution in [-0.4, -0.2) is 44.3 Å². The summed E-state index contributed by atoms with van der Waals surface area (Å²) in [5.41, 5.74) is 0.993. The van der Waals surface area contributed by atoms with Crippen molar-refractivity contribution in [3.8, 4) is 0 Å². The summed E-state index contributed by atoms with van der Waals surface area (Å²) in [6.07, 6.45) is 5.13. The fraction of sp³-hybridized carbons (Fsp3) is 0.385. The van der Waals surface area contributed by atoms with E-state index in [-0.39, 0.29) is 11.7 Å². The molecule has 20 heavy (non-hydrogen) atoms. The Labute approximate surface area is 123 Å². The summed E-state index contributed by atoms with van der Waals surface area (Å²) < 4.78 is 2.37. The lowest BCUT2D eigenvalue weighted by molar-refractivity contribution is -0.118. The van der Waals surface area contributed by atoms with Gasteiger partial charge in [-0.25, -0.2) is 9.50 Å². The normalized spacial score (nSPS) is 16.4. The number of carbonyl (C=O) groups excluding carboxylic acids is 2. The van der Waals surface area contributed by atoms with Gasteiger partial charge < -0.3 is 4.90 Å². The number of likely N-dealkylation sites (tertiary alicyclic amines) is 1. The molecule has 1 aliphatic heterocycles. The minimum absolute atomic E-state index is 0.138. The molecule has 0 spiro atoms. The summed E-state index contributed by atoms with van der Waals surface area (Å²) >= 11 is 3.32. The van der Waals surface area contributed by atoms with Crippen molar-refractivity contribution in [2.45, 2.75) is 19.3 Å². The fourth-order valence-electron chi connectivity index (χ4n) is 2.29. The maximum Gasteiger partial charge on any atom is 0.274 e. The van der Waals surface area contributed by atoms with Gasteiger partial charge in [0.25, 0.3) is 5.91 Å². The van der Waals surface area contributed by atoms with E-state index < -0.39 is 0 Å². The molecule has 3 heterocycles. The van der Waals surface area contributed by atoms with E-state index in [1.54, 1.807) is 27.9 Å². The van der Waals surface area contributed by atoms with E-state index in [0.717, 1.165) is 10.9 Å². The number of Topliss-reactive ketones (excluding diaryl/α,β-unsaturated/α-hetero) is 1. The van der Waals surface area contributed by atoms with Gasteiger partial charge in [-0.05, 0) is 22.4 Å². The van der Waals surface area contributed by atoms with E-state index in [1.165, 1.54) is 0 Å². The lowest BCUT2D eigenvalue weighted by Gasteiger charge is -2.18. The van der Waals surface area contributed by atoms with Crippen LogP contribution < -0.4 is 0 Å². The Morgan fingerprint density at radius 3 is 3.00 bits per heavy atom. The van der Waals surface area contributed by atoms with Crippen LogP contribution >= 0.6 is 15.9 Å². The maximum atomic E-state index is 12.4. The van der Waals surface area contributed by atoms with Gasteiger partial charge in [-0.2, -0.15) is 5.10 Å². The van der Waals surface area contributed by atoms with Crippen LogP contribution in [0.3, 0.4) is 0 Å². The number of carbonyl (C=O) groups is 2. The Kier molecular flexibility index (Phi) is 3.52. The molecule has 0 atom stereocenters. The minimum Gasteiger partial charge on any atom is -0.337 e. The zero-order valence-electron chi connectivity index (χ0n) is 10.8. The Balaban J connectivity index is 1.86. The largest absolute Gasteiger partial charge is 0.337 e. The molecule has 104 valence electrons. The molecule has 1 amide bonds. The average Bonchev–Trinajstić information content (AvgIpc) is 2.72.